The maximum Gasteiger partial charge on any atom is 0.0967 e. The highest BCUT2D eigenvalue weighted by molar-refractivity contribution is 6.40. The first kappa shape index (κ1) is 14.7. The van der Waals surface area contributed by atoms with Gasteiger partial charge >= 0.3 is 0 Å². The van der Waals surface area contributed by atoms with Gasteiger partial charge in [0.15, 0.2) is 0 Å². The SMILES string of the molecule is ClCCl.Clc1ccc(-c2ccc(Cl)cc2)cc1. The van der Waals surface area contributed by atoms with Crippen molar-refractivity contribution in [1.29, 1.82) is 0 Å². The van der Waals surface area contributed by atoms with Gasteiger partial charge in [-0.25, -0.2) is 0 Å². The minimum absolute atomic E-state index is 0.194. The summed E-state index contributed by atoms with van der Waals surface area (Å²) >= 11 is 21.1. The van der Waals surface area contributed by atoms with Crippen molar-refractivity contribution in [1.82, 2.24) is 0 Å². The van der Waals surface area contributed by atoms with E-state index in [1.807, 2.05) is 48.5 Å². The molecule has 17 heavy (non-hydrogen) atoms. The van der Waals surface area contributed by atoms with Gasteiger partial charge in [0.2, 0.25) is 0 Å². The van der Waals surface area contributed by atoms with Crippen molar-refractivity contribution in [2.75, 3.05) is 5.34 Å². The summed E-state index contributed by atoms with van der Waals surface area (Å²) < 4.78 is 0. The standard InChI is InChI=1S/C12H8Cl2.CH2Cl2/c13-11-5-1-9(2-6-11)10-3-7-12(14)8-4-10;2-1-3/h1-8H;1H2. The van der Waals surface area contributed by atoms with E-state index in [0.29, 0.717) is 0 Å². The fourth-order valence-corrected chi connectivity index (χ4v) is 1.54. The first-order chi connectivity index (χ1) is 8.17. The summed E-state index contributed by atoms with van der Waals surface area (Å²) in [5.74, 6) is 0. The van der Waals surface area contributed by atoms with E-state index in [2.05, 4.69) is 0 Å². The van der Waals surface area contributed by atoms with Gasteiger partial charge < -0.3 is 0 Å². The van der Waals surface area contributed by atoms with Crippen LogP contribution in [-0.4, -0.2) is 5.34 Å². The van der Waals surface area contributed by atoms with E-state index in [1.165, 1.54) is 0 Å². The first-order valence-electron chi connectivity index (χ1n) is 4.81. The molecule has 0 atom stereocenters. The lowest BCUT2D eigenvalue weighted by atomic mass is 10.1. The molecular weight excluding hydrogens is 298 g/mol. The minimum Gasteiger partial charge on any atom is -0.109 e. The highest BCUT2D eigenvalue weighted by atomic mass is 35.5. The van der Waals surface area contributed by atoms with Crippen molar-refractivity contribution in [3.63, 3.8) is 0 Å². The van der Waals surface area contributed by atoms with Gasteiger partial charge in [0.1, 0.15) is 0 Å². The average Bonchev–Trinajstić information content (AvgIpc) is 2.32. The Kier molecular flexibility index (Phi) is 6.76. The lowest BCUT2D eigenvalue weighted by molar-refractivity contribution is 1.62. The zero-order chi connectivity index (χ0) is 12.7. The molecule has 4 heteroatoms. The second-order valence-corrected chi connectivity index (χ2v) is 4.80. The summed E-state index contributed by atoms with van der Waals surface area (Å²) in [6.07, 6.45) is 0. The van der Waals surface area contributed by atoms with E-state index in [1.54, 1.807) is 0 Å². The fourth-order valence-electron chi connectivity index (χ4n) is 1.28. The smallest absolute Gasteiger partial charge is 0.0967 e. The zero-order valence-electron chi connectivity index (χ0n) is 8.84. The molecule has 2 rings (SSSR count). The van der Waals surface area contributed by atoms with Gasteiger partial charge in [0, 0.05) is 10.0 Å². The van der Waals surface area contributed by atoms with Gasteiger partial charge in [-0.05, 0) is 35.4 Å². The van der Waals surface area contributed by atoms with Crippen LogP contribution in [0.4, 0.5) is 0 Å². The topological polar surface area (TPSA) is 0 Å². The van der Waals surface area contributed by atoms with Crippen molar-refractivity contribution >= 4 is 46.4 Å². The molecule has 2 aromatic rings. The number of hydrogen-bond acceptors (Lipinski definition) is 0. The maximum absolute atomic E-state index is 5.80. The number of rotatable bonds is 1. The van der Waals surface area contributed by atoms with E-state index in [9.17, 15) is 0 Å². The van der Waals surface area contributed by atoms with E-state index < -0.39 is 0 Å². The Bertz CT molecular complexity index is 390. The fraction of sp³-hybridized carbons (Fsp3) is 0.0769. The van der Waals surface area contributed by atoms with Crippen LogP contribution < -0.4 is 0 Å². The summed E-state index contributed by atoms with van der Waals surface area (Å²) in [6, 6.07) is 15.5. The minimum atomic E-state index is 0.194. The summed E-state index contributed by atoms with van der Waals surface area (Å²) in [5, 5.41) is 1.70. The Labute approximate surface area is 121 Å². The lowest BCUT2D eigenvalue weighted by Gasteiger charge is -2.01. The quantitative estimate of drug-likeness (QED) is 0.560. The molecule has 90 valence electrons. The zero-order valence-corrected chi connectivity index (χ0v) is 11.9. The number of alkyl halides is 2. The van der Waals surface area contributed by atoms with E-state index >= 15 is 0 Å². The second kappa shape index (κ2) is 7.84. The largest absolute Gasteiger partial charge is 0.109 e. The first-order valence-corrected chi connectivity index (χ1v) is 6.63. The Morgan fingerprint density at radius 3 is 1.06 bits per heavy atom. The molecule has 0 aliphatic heterocycles. The van der Waals surface area contributed by atoms with Crippen molar-refractivity contribution in [2.45, 2.75) is 0 Å². The highest BCUT2D eigenvalue weighted by Crippen LogP contribution is 2.22. The van der Waals surface area contributed by atoms with Gasteiger partial charge in [-0.3, -0.25) is 0 Å². The molecule has 0 aliphatic rings. The van der Waals surface area contributed by atoms with Crippen LogP contribution in [0.5, 0.6) is 0 Å². The predicted octanol–water partition coefficient (Wildman–Crippen LogP) is 6.08. The van der Waals surface area contributed by atoms with Gasteiger partial charge in [0.25, 0.3) is 0 Å². The van der Waals surface area contributed by atoms with Crippen molar-refractivity contribution < 1.29 is 0 Å². The molecule has 0 nitrogen and oxygen atoms in total. The Balaban J connectivity index is 0.000000437. The van der Waals surface area contributed by atoms with Crippen LogP contribution in [0, 0.1) is 0 Å². The lowest BCUT2D eigenvalue weighted by Crippen LogP contribution is -1.76. The van der Waals surface area contributed by atoms with E-state index in [-0.39, 0.29) is 5.34 Å². The monoisotopic (exact) mass is 306 g/mol. The third-order valence-corrected chi connectivity index (χ3v) is 2.53. The average molecular weight is 308 g/mol. The summed E-state index contributed by atoms with van der Waals surface area (Å²) in [5.41, 5.74) is 2.29. The van der Waals surface area contributed by atoms with Crippen LogP contribution in [-0.2, 0) is 0 Å². The van der Waals surface area contributed by atoms with Crippen molar-refractivity contribution in [3.8, 4) is 11.1 Å². The molecular formula is C13H10Cl4. The molecule has 0 aliphatic carbocycles. The summed E-state index contributed by atoms with van der Waals surface area (Å²) in [7, 11) is 0. The summed E-state index contributed by atoms with van der Waals surface area (Å²) in [4.78, 5) is 0. The van der Waals surface area contributed by atoms with Gasteiger partial charge in [-0.15, -0.1) is 23.2 Å². The summed E-state index contributed by atoms with van der Waals surface area (Å²) in [6.45, 7) is 0. The molecule has 0 unspecified atom stereocenters. The molecule has 0 amide bonds. The Morgan fingerprint density at radius 2 is 0.824 bits per heavy atom. The molecule has 0 N–H and O–H groups in total. The second-order valence-electron chi connectivity index (χ2n) is 3.11. The van der Waals surface area contributed by atoms with Gasteiger partial charge in [-0.2, -0.15) is 0 Å². The van der Waals surface area contributed by atoms with Gasteiger partial charge in [0.05, 0.1) is 5.34 Å². The number of benzene rings is 2. The molecule has 0 bridgehead atoms. The van der Waals surface area contributed by atoms with Crippen molar-refractivity contribution in [2.24, 2.45) is 0 Å². The van der Waals surface area contributed by atoms with Crippen LogP contribution in [0.25, 0.3) is 11.1 Å². The number of hydrogen-bond donors (Lipinski definition) is 0. The van der Waals surface area contributed by atoms with E-state index in [4.69, 9.17) is 46.4 Å². The highest BCUT2D eigenvalue weighted by Gasteiger charge is 1.96. The van der Waals surface area contributed by atoms with Crippen LogP contribution in [0.2, 0.25) is 10.0 Å². The normalized spacial score (nSPS) is 9.41. The molecule has 0 radical (unpaired) electrons. The number of halogens is 4. The molecule has 0 saturated carbocycles. The Morgan fingerprint density at radius 1 is 0.588 bits per heavy atom. The van der Waals surface area contributed by atoms with Crippen molar-refractivity contribution in [3.05, 3.63) is 58.6 Å². The van der Waals surface area contributed by atoms with Crippen LogP contribution in [0.15, 0.2) is 48.5 Å². The maximum atomic E-state index is 5.80. The molecule has 0 aromatic heterocycles. The van der Waals surface area contributed by atoms with E-state index in [0.717, 1.165) is 21.2 Å². The molecule has 0 heterocycles. The Hall–Kier alpha value is -0.400. The third-order valence-electron chi connectivity index (χ3n) is 2.02. The van der Waals surface area contributed by atoms with Crippen LogP contribution in [0.1, 0.15) is 0 Å². The predicted molar refractivity (Wildman–Crippen MR) is 78.5 cm³/mol. The molecule has 0 saturated heterocycles. The molecule has 0 fully saturated rings. The molecule has 2 aromatic carbocycles. The molecule has 0 spiro atoms. The van der Waals surface area contributed by atoms with Crippen LogP contribution >= 0.6 is 46.4 Å². The van der Waals surface area contributed by atoms with Crippen LogP contribution in [0.3, 0.4) is 0 Å². The third kappa shape index (κ3) is 5.18. The van der Waals surface area contributed by atoms with Gasteiger partial charge in [-0.1, -0.05) is 47.5 Å².